The van der Waals surface area contributed by atoms with Crippen molar-refractivity contribution in [1.82, 2.24) is 15.3 Å². The van der Waals surface area contributed by atoms with Crippen LogP contribution in [0.5, 0.6) is 11.5 Å². The van der Waals surface area contributed by atoms with Gasteiger partial charge in [0.2, 0.25) is 0 Å². The van der Waals surface area contributed by atoms with Crippen molar-refractivity contribution in [3.05, 3.63) is 30.2 Å². The molecular weight excluding hydrogens is 266 g/mol. The van der Waals surface area contributed by atoms with Crippen LogP contribution in [0, 0.1) is 0 Å². The molecule has 114 valence electrons. The van der Waals surface area contributed by atoms with Crippen LogP contribution >= 0.6 is 0 Å². The Morgan fingerprint density at radius 2 is 1.95 bits per heavy atom. The van der Waals surface area contributed by atoms with E-state index in [1.807, 2.05) is 24.4 Å². The summed E-state index contributed by atoms with van der Waals surface area (Å²) < 4.78 is 10.6. The van der Waals surface area contributed by atoms with Gasteiger partial charge in [-0.1, -0.05) is 0 Å². The van der Waals surface area contributed by atoms with Gasteiger partial charge in [0.1, 0.15) is 17.3 Å². The van der Waals surface area contributed by atoms with Crippen LogP contribution < -0.4 is 14.8 Å². The number of nitrogens with zero attached hydrogens (tertiary/aromatic N) is 1. The lowest BCUT2D eigenvalue weighted by Crippen LogP contribution is -2.35. The van der Waals surface area contributed by atoms with E-state index in [0.29, 0.717) is 6.54 Å². The van der Waals surface area contributed by atoms with Crippen molar-refractivity contribution in [2.75, 3.05) is 14.2 Å². The maximum Gasteiger partial charge on any atom is 0.131 e. The third-order valence-corrected chi connectivity index (χ3v) is 3.11. The van der Waals surface area contributed by atoms with Crippen molar-refractivity contribution in [2.24, 2.45) is 0 Å². The predicted molar refractivity (Wildman–Crippen MR) is 83.7 cm³/mol. The molecule has 21 heavy (non-hydrogen) atoms. The summed E-state index contributed by atoms with van der Waals surface area (Å²) in [6, 6.07) is 5.74. The van der Waals surface area contributed by atoms with Crippen LogP contribution in [-0.2, 0) is 6.54 Å². The number of benzene rings is 1. The molecule has 0 unspecified atom stereocenters. The number of hydrogen-bond donors (Lipinski definition) is 2. The summed E-state index contributed by atoms with van der Waals surface area (Å²) in [5.41, 5.74) is 1.96. The highest BCUT2D eigenvalue weighted by Crippen LogP contribution is 2.32. The van der Waals surface area contributed by atoms with Crippen molar-refractivity contribution < 1.29 is 9.47 Å². The smallest absolute Gasteiger partial charge is 0.131 e. The van der Waals surface area contributed by atoms with Gasteiger partial charge in [-0.3, -0.25) is 0 Å². The summed E-state index contributed by atoms with van der Waals surface area (Å²) in [6.07, 6.45) is 1.82. The van der Waals surface area contributed by atoms with Crippen molar-refractivity contribution in [3.8, 4) is 22.8 Å². The minimum atomic E-state index is 0.0603. The Morgan fingerprint density at radius 3 is 2.57 bits per heavy atom. The number of nitrogens with one attached hydrogen (secondary N) is 2. The molecule has 1 heterocycles. The summed E-state index contributed by atoms with van der Waals surface area (Å²) in [6.45, 7) is 7.08. The Balaban J connectivity index is 2.21. The second-order valence-electron chi connectivity index (χ2n) is 5.91. The van der Waals surface area contributed by atoms with E-state index in [0.717, 1.165) is 28.6 Å². The lowest BCUT2D eigenvalue weighted by molar-refractivity contribution is 0.395. The molecule has 0 saturated heterocycles. The highest BCUT2D eigenvalue weighted by Gasteiger charge is 2.12. The average molecular weight is 289 g/mol. The van der Waals surface area contributed by atoms with Crippen LogP contribution in [-0.4, -0.2) is 29.7 Å². The van der Waals surface area contributed by atoms with E-state index in [-0.39, 0.29) is 5.54 Å². The van der Waals surface area contributed by atoms with Gasteiger partial charge in [0.25, 0.3) is 0 Å². The van der Waals surface area contributed by atoms with E-state index in [4.69, 9.17) is 9.47 Å². The molecule has 0 amide bonds. The molecule has 0 atom stereocenters. The van der Waals surface area contributed by atoms with Gasteiger partial charge in [0.05, 0.1) is 32.7 Å². The molecule has 0 aliphatic heterocycles. The third-order valence-electron chi connectivity index (χ3n) is 3.11. The Hall–Kier alpha value is -2.01. The van der Waals surface area contributed by atoms with Crippen LogP contribution in [0.2, 0.25) is 0 Å². The average Bonchev–Trinajstić information content (AvgIpc) is 2.92. The first-order chi connectivity index (χ1) is 9.93. The van der Waals surface area contributed by atoms with Crippen LogP contribution in [0.15, 0.2) is 24.4 Å². The zero-order valence-corrected chi connectivity index (χ0v) is 13.3. The van der Waals surface area contributed by atoms with Crippen LogP contribution in [0.25, 0.3) is 11.3 Å². The van der Waals surface area contributed by atoms with Crippen LogP contribution in [0.1, 0.15) is 26.6 Å². The van der Waals surface area contributed by atoms with E-state index in [2.05, 4.69) is 36.1 Å². The number of rotatable bonds is 5. The van der Waals surface area contributed by atoms with E-state index < -0.39 is 0 Å². The Morgan fingerprint density at radius 1 is 1.19 bits per heavy atom. The fraction of sp³-hybridized carbons (Fsp3) is 0.438. The number of aromatic nitrogens is 2. The highest BCUT2D eigenvalue weighted by molar-refractivity contribution is 5.68. The predicted octanol–water partition coefficient (Wildman–Crippen LogP) is 2.98. The molecule has 0 aliphatic rings. The number of H-pyrrole nitrogens is 1. The molecule has 0 radical (unpaired) electrons. The highest BCUT2D eigenvalue weighted by atomic mass is 16.5. The fourth-order valence-corrected chi connectivity index (χ4v) is 1.96. The maximum atomic E-state index is 5.42. The summed E-state index contributed by atoms with van der Waals surface area (Å²) in [7, 11) is 3.29. The summed E-state index contributed by atoms with van der Waals surface area (Å²) in [5.74, 6) is 2.43. The largest absolute Gasteiger partial charge is 0.497 e. The molecule has 0 bridgehead atoms. The molecule has 0 spiro atoms. The number of methoxy groups -OCH3 is 2. The van der Waals surface area contributed by atoms with Gasteiger partial charge in [0, 0.05) is 17.2 Å². The van der Waals surface area contributed by atoms with Crippen molar-refractivity contribution in [3.63, 3.8) is 0 Å². The molecule has 5 heteroatoms. The first kappa shape index (κ1) is 15.4. The molecule has 1 aromatic heterocycles. The first-order valence-corrected chi connectivity index (χ1v) is 6.94. The number of hydrogen-bond acceptors (Lipinski definition) is 4. The van der Waals surface area contributed by atoms with Gasteiger partial charge in [-0.25, -0.2) is 4.98 Å². The van der Waals surface area contributed by atoms with Crippen LogP contribution in [0.4, 0.5) is 0 Å². The van der Waals surface area contributed by atoms with E-state index in [9.17, 15) is 0 Å². The first-order valence-electron chi connectivity index (χ1n) is 6.94. The lowest BCUT2D eigenvalue weighted by Gasteiger charge is -2.19. The molecule has 0 aliphatic carbocycles. The zero-order valence-electron chi connectivity index (χ0n) is 13.3. The minimum absolute atomic E-state index is 0.0603. The second kappa shape index (κ2) is 6.18. The zero-order chi connectivity index (χ0) is 15.5. The van der Waals surface area contributed by atoms with Gasteiger partial charge < -0.3 is 19.8 Å². The number of aromatic amines is 1. The van der Waals surface area contributed by atoms with Crippen molar-refractivity contribution in [1.29, 1.82) is 0 Å². The molecule has 0 fully saturated rings. The maximum absolute atomic E-state index is 5.42. The van der Waals surface area contributed by atoms with Crippen LogP contribution in [0.3, 0.4) is 0 Å². The van der Waals surface area contributed by atoms with Gasteiger partial charge in [-0.05, 0) is 32.9 Å². The summed E-state index contributed by atoms with van der Waals surface area (Å²) in [4.78, 5) is 7.73. The fourth-order valence-electron chi connectivity index (χ4n) is 1.96. The molecule has 2 N–H and O–H groups in total. The normalized spacial score (nSPS) is 11.5. The minimum Gasteiger partial charge on any atom is -0.497 e. The van der Waals surface area contributed by atoms with E-state index in [1.54, 1.807) is 14.2 Å². The SMILES string of the molecule is COc1ccc(-c2cnc(CNC(C)(C)C)[nH]2)c(OC)c1. The second-order valence-corrected chi connectivity index (χ2v) is 5.91. The Bertz CT molecular complexity index is 600. The van der Waals surface area contributed by atoms with Crippen molar-refractivity contribution in [2.45, 2.75) is 32.9 Å². The third kappa shape index (κ3) is 3.98. The molecule has 0 saturated carbocycles. The topological polar surface area (TPSA) is 59.2 Å². The monoisotopic (exact) mass is 289 g/mol. The quantitative estimate of drug-likeness (QED) is 0.888. The van der Waals surface area contributed by atoms with Gasteiger partial charge in [-0.15, -0.1) is 0 Å². The van der Waals surface area contributed by atoms with Gasteiger partial charge >= 0.3 is 0 Å². The van der Waals surface area contributed by atoms with E-state index >= 15 is 0 Å². The molecular formula is C16H23N3O2. The molecule has 5 nitrogen and oxygen atoms in total. The van der Waals surface area contributed by atoms with E-state index in [1.165, 1.54) is 0 Å². The summed E-state index contributed by atoms with van der Waals surface area (Å²) >= 11 is 0. The van der Waals surface area contributed by atoms with Gasteiger partial charge in [-0.2, -0.15) is 0 Å². The number of ether oxygens (including phenoxy) is 2. The summed E-state index contributed by atoms with van der Waals surface area (Å²) in [5, 5.41) is 3.40. The molecule has 2 aromatic rings. The number of imidazole rings is 1. The van der Waals surface area contributed by atoms with Gasteiger partial charge in [0.15, 0.2) is 0 Å². The Kier molecular flexibility index (Phi) is 4.53. The standard InChI is InChI=1S/C16H23N3O2/c1-16(2,3)18-10-15-17-9-13(19-15)12-7-6-11(20-4)8-14(12)21-5/h6-9,18H,10H2,1-5H3,(H,17,19). The lowest BCUT2D eigenvalue weighted by atomic mass is 10.1. The molecule has 1 aromatic carbocycles. The van der Waals surface area contributed by atoms with Crippen molar-refractivity contribution >= 4 is 0 Å². The Labute approximate surface area is 125 Å². The molecule has 2 rings (SSSR count).